The molecular formula is C14H23NO2. The quantitative estimate of drug-likeness (QED) is 0.766. The monoisotopic (exact) mass is 237 g/mol. The van der Waals surface area contributed by atoms with Crippen LogP contribution in [0.4, 0.5) is 0 Å². The van der Waals surface area contributed by atoms with E-state index in [0.29, 0.717) is 30.6 Å². The van der Waals surface area contributed by atoms with Gasteiger partial charge in [0.1, 0.15) is 0 Å². The Morgan fingerprint density at radius 3 is 2.71 bits per heavy atom. The second kappa shape index (κ2) is 7.17. The summed E-state index contributed by atoms with van der Waals surface area (Å²) in [6.07, 6.45) is 3.00. The number of nitrogens with two attached hydrogens (primary N) is 1. The summed E-state index contributed by atoms with van der Waals surface area (Å²) in [5, 5.41) is 10.2. The van der Waals surface area contributed by atoms with Crippen LogP contribution in [0, 0.1) is 0 Å². The van der Waals surface area contributed by atoms with Gasteiger partial charge in [0.05, 0.1) is 6.61 Å². The van der Waals surface area contributed by atoms with Gasteiger partial charge in [-0.2, -0.15) is 0 Å². The van der Waals surface area contributed by atoms with Crippen molar-refractivity contribution in [3.63, 3.8) is 0 Å². The molecule has 1 atom stereocenters. The predicted octanol–water partition coefficient (Wildman–Crippen LogP) is 3.02. The van der Waals surface area contributed by atoms with E-state index in [-0.39, 0.29) is 0 Å². The van der Waals surface area contributed by atoms with Crippen molar-refractivity contribution >= 4 is 0 Å². The minimum absolute atomic E-state index is 0.290. The first kappa shape index (κ1) is 13.8. The highest BCUT2D eigenvalue weighted by Crippen LogP contribution is 2.37. The van der Waals surface area contributed by atoms with Crippen LogP contribution in [0.5, 0.6) is 11.5 Å². The van der Waals surface area contributed by atoms with Crippen LogP contribution in [0.1, 0.15) is 44.6 Å². The van der Waals surface area contributed by atoms with E-state index in [1.807, 2.05) is 19.1 Å². The first-order valence-corrected chi connectivity index (χ1v) is 6.39. The van der Waals surface area contributed by atoms with Crippen LogP contribution >= 0.6 is 0 Å². The average Bonchev–Trinajstić information content (AvgIpc) is 2.34. The molecule has 0 saturated carbocycles. The molecule has 0 radical (unpaired) electrons. The highest BCUT2D eigenvalue weighted by molar-refractivity contribution is 5.47. The maximum Gasteiger partial charge on any atom is 0.161 e. The fraction of sp³-hybridized carbons (Fsp3) is 0.571. The molecule has 1 rings (SSSR count). The predicted molar refractivity (Wildman–Crippen MR) is 70.6 cm³/mol. The molecule has 0 fully saturated rings. The highest BCUT2D eigenvalue weighted by Gasteiger charge is 2.16. The fourth-order valence-electron chi connectivity index (χ4n) is 2.08. The maximum absolute atomic E-state index is 10.2. The molecule has 0 aromatic heterocycles. The second-order valence-corrected chi connectivity index (χ2v) is 4.16. The fourth-order valence-corrected chi connectivity index (χ4v) is 2.08. The van der Waals surface area contributed by atoms with Gasteiger partial charge in [-0.25, -0.2) is 0 Å². The van der Waals surface area contributed by atoms with Crippen LogP contribution in [0.25, 0.3) is 0 Å². The van der Waals surface area contributed by atoms with E-state index in [0.717, 1.165) is 24.8 Å². The first-order chi connectivity index (χ1) is 8.24. The average molecular weight is 237 g/mol. The first-order valence-electron chi connectivity index (χ1n) is 6.39. The molecule has 3 nitrogen and oxygen atoms in total. The van der Waals surface area contributed by atoms with Crippen LogP contribution in [-0.2, 0) is 0 Å². The summed E-state index contributed by atoms with van der Waals surface area (Å²) in [4.78, 5) is 0. The number of hydrogen-bond acceptors (Lipinski definition) is 3. The number of benzene rings is 1. The Morgan fingerprint density at radius 2 is 2.12 bits per heavy atom. The SMILES string of the molecule is CCOc1cccc(C(CC)CCCN)c1O. The molecule has 0 bridgehead atoms. The summed E-state index contributed by atoms with van der Waals surface area (Å²) >= 11 is 0. The largest absolute Gasteiger partial charge is 0.504 e. The number of ether oxygens (including phenoxy) is 1. The third-order valence-electron chi connectivity index (χ3n) is 3.02. The summed E-state index contributed by atoms with van der Waals surface area (Å²) in [5.41, 5.74) is 6.52. The molecule has 0 spiro atoms. The van der Waals surface area contributed by atoms with Crippen molar-refractivity contribution < 1.29 is 9.84 Å². The Morgan fingerprint density at radius 1 is 1.35 bits per heavy atom. The number of hydrogen-bond donors (Lipinski definition) is 2. The summed E-state index contributed by atoms with van der Waals surface area (Å²) < 4.78 is 5.40. The van der Waals surface area contributed by atoms with E-state index in [1.54, 1.807) is 6.07 Å². The number of phenols is 1. The molecule has 0 amide bonds. The molecule has 0 aliphatic carbocycles. The van der Waals surface area contributed by atoms with Crippen molar-refractivity contribution in [2.75, 3.05) is 13.2 Å². The van der Waals surface area contributed by atoms with Crippen LogP contribution in [-0.4, -0.2) is 18.3 Å². The van der Waals surface area contributed by atoms with Crippen molar-refractivity contribution in [1.29, 1.82) is 0 Å². The van der Waals surface area contributed by atoms with Gasteiger partial charge in [0.2, 0.25) is 0 Å². The van der Waals surface area contributed by atoms with Gasteiger partial charge in [-0.05, 0) is 44.7 Å². The molecule has 96 valence electrons. The zero-order chi connectivity index (χ0) is 12.7. The van der Waals surface area contributed by atoms with Crippen LogP contribution in [0.15, 0.2) is 18.2 Å². The molecule has 0 aliphatic rings. The number of aromatic hydroxyl groups is 1. The van der Waals surface area contributed by atoms with Crippen molar-refractivity contribution in [3.8, 4) is 11.5 Å². The van der Waals surface area contributed by atoms with Crippen LogP contribution in [0.2, 0.25) is 0 Å². The van der Waals surface area contributed by atoms with E-state index in [2.05, 4.69) is 6.92 Å². The van der Waals surface area contributed by atoms with E-state index < -0.39 is 0 Å². The third kappa shape index (κ3) is 3.63. The number of phenolic OH excluding ortho intramolecular Hbond substituents is 1. The van der Waals surface area contributed by atoms with E-state index in [4.69, 9.17) is 10.5 Å². The van der Waals surface area contributed by atoms with Gasteiger partial charge in [-0.3, -0.25) is 0 Å². The van der Waals surface area contributed by atoms with E-state index >= 15 is 0 Å². The zero-order valence-electron chi connectivity index (χ0n) is 10.8. The van der Waals surface area contributed by atoms with E-state index in [9.17, 15) is 5.11 Å². The molecule has 1 unspecified atom stereocenters. The standard InChI is InChI=1S/C14H23NO2/c1-3-11(7-6-10-15)12-8-5-9-13(14(12)16)17-4-2/h5,8-9,11,16H,3-4,6-7,10,15H2,1-2H3. The maximum atomic E-state index is 10.2. The van der Waals surface area contributed by atoms with Gasteiger partial charge < -0.3 is 15.6 Å². The summed E-state index contributed by atoms with van der Waals surface area (Å²) in [6.45, 7) is 5.31. The lowest BCUT2D eigenvalue weighted by Gasteiger charge is -2.18. The Balaban J connectivity index is 2.90. The Bertz CT molecular complexity index is 339. The van der Waals surface area contributed by atoms with Gasteiger partial charge in [0.25, 0.3) is 0 Å². The second-order valence-electron chi connectivity index (χ2n) is 4.16. The van der Waals surface area contributed by atoms with Crippen LogP contribution in [0.3, 0.4) is 0 Å². The Labute approximate surface area is 104 Å². The summed E-state index contributed by atoms with van der Waals surface area (Å²) in [6, 6.07) is 5.71. The molecular weight excluding hydrogens is 214 g/mol. The lowest BCUT2D eigenvalue weighted by Crippen LogP contribution is -2.04. The zero-order valence-corrected chi connectivity index (χ0v) is 10.8. The van der Waals surface area contributed by atoms with Crippen molar-refractivity contribution in [2.24, 2.45) is 5.73 Å². The van der Waals surface area contributed by atoms with Gasteiger partial charge in [0, 0.05) is 5.56 Å². The van der Waals surface area contributed by atoms with E-state index in [1.165, 1.54) is 0 Å². The number of rotatable bonds is 7. The Kier molecular flexibility index (Phi) is 5.84. The van der Waals surface area contributed by atoms with Gasteiger partial charge >= 0.3 is 0 Å². The third-order valence-corrected chi connectivity index (χ3v) is 3.02. The van der Waals surface area contributed by atoms with Crippen molar-refractivity contribution in [1.82, 2.24) is 0 Å². The lowest BCUT2D eigenvalue weighted by molar-refractivity contribution is 0.315. The van der Waals surface area contributed by atoms with Crippen LogP contribution < -0.4 is 10.5 Å². The van der Waals surface area contributed by atoms with Gasteiger partial charge in [-0.15, -0.1) is 0 Å². The molecule has 0 saturated heterocycles. The molecule has 1 aromatic rings. The lowest BCUT2D eigenvalue weighted by atomic mass is 9.91. The van der Waals surface area contributed by atoms with Gasteiger partial charge in [-0.1, -0.05) is 19.1 Å². The van der Waals surface area contributed by atoms with Gasteiger partial charge in [0.15, 0.2) is 11.5 Å². The minimum atomic E-state index is 0.290. The normalized spacial score (nSPS) is 12.4. The minimum Gasteiger partial charge on any atom is -0.504 e. The summed E-state index contributed by atoms with van der Waals surface area (Å²) in [7, 11) is 0. The molecule has 0 aliphatic heterocycles. The summed E-state index contributed by atoms with van der Waals surface area (Å²) in [5.74, 6) is 1.23. The topological polar surface area (TPSA) is 55.5 Å². The molecule has 1 aromatic carbocycles. The van der Waals surface area contributed by atoms with Crippen molar-refractivity contribution in [3.05, 3.63) is 23.8 Å². The molecule has 17 heavy (non-hydrogen) atoms. The number of para-hydroxylation sites is 1. The Hall–Kier alpha value is -1.22. The molecule has 0 heterocycles. The van der Waals surface area contributed by atoms with Crippen molar-refractivity contribution in [2.45, 2.75) is 39.0 Å². The molecule has 3 heteroatoms. The highest BCUT2D eigenvalue weighted by atomic mass is 16.5. The molecule has 3 N–H and O–H groups in total. The smallest absolute Gasteiger partial charge is 0.161 e.